The Labute approximate surface area is 104 Å². The number of carbonyl (C=O) groups is 1. The Balaban J connectivity index is 2.21. The van der Waals surface area contributed by atoms with E-state index in [9.17, 15) is 9.18 Å². The van der Waals surface area contributed by atoms with Crippen LogP contribution in [0.5, 0.6) is 0 Å². The van der Waals surface area contributed by atoms with Crippen molar-refractivity contribution in [2.45, 2.75) is 20.4 Å². The van der Waals surface area contributed by atoms with Crippen LogP contribution in [-0.4, -0.2) is 15.7 Å². The molecule has 0 unspecified atom stereocenters. The minimum absolute atomic E-state index is 0.289. The van der Waals surface area contributed by atoms with Gasteiger partial charge in [-0.3, -0.25) is 9.48 Å². The van der Waals surface area contributed by atoms with Gasteiger partial charge in [-0.05, 0) is 38.1 Å². The Bertz CT molecular complexity index is 577. The van der Waals surface area contributed by atoms with Crippen LogP contribution in [-0.2, 0) is 6.54 Å². The molecule has 0 aliphatic rings. The predicted octanol–water partition coefficient (Wildman–Crippen LogP) is 2.60. The number of anilines is 1. The number of aromatic nitrogens is 2. The van der Waals surface area contributed by atoms with Crippen LogP contribution >= 0.6 is 0 Å². The Morgan fingerprint density at radius 3 is 2.89 bits per heavy atom. The van der Waals surface area contributed by atoms with Crippen molar-refractivity contribution in [2.24, 2.45) is 0 Å². The average molecular weight is 247 g/mol. The standard InChI is InChI=1S/C13H14FN3O/c1-3-17-12(7-9(2)16-17)13(18)15-11-6-4-5-10(14)8-11/h4-8H,3H2,1-2H3,(H,15,18). The van der Waals surface area contributed by atoms with Gasteiger partial charge in [-0.2, -0.15) is 5.10 Å². The molecular formula is C13H14FN3O. The number of aryl methyl sites for hydroxylation is 2. The van der Waals surface area contributed by atoms with Crippen molar-refractivity contribution in [2.75, 3.05) is 5.32 Å². The Morgan fingerprint density at radius 2 is 2.22 bits per heavy atom. The lowest BCUT2D eigenvalue weighted by atomic mass is 10.3. The van der Waals surface area contributed by atoms with Crippen LogP contribution in [0.15, 0.2) is 30.3 Å². The van der Waals surface area contributed by atoms with Crippen LogP contribution < -0.4 is 5.32 Å². The van der Waals surface area contributed by atoms with E-state index >= 15 is 0 Å². The third kappa shape index (κ3) is 2.56. The lowest BCUT2D eigenvalue weighted by molar-refractivity contribution is 0.101. The van der Waals surface area contributed by atoms with Crippen molar-refractivity contribution < 1.29 is 9.18 Å². The normalized spacial score (nSPS) is 10.4. The highest BCUT2D eigenvalue weighted by molar-refractivity contribution is 6.03. The SMILES string of the molecule is CCn1nc(C)cc1C(=O)Nc1cccc(F)c1. The van der Waals surface area contributed by atoms with Crippen molar-refractivity contribution >= 4 is 11.6 Å². The van der Waals surface area contributed by atoms with E-state index in [4.69, 9.17) is 0 Å². The fourth-order valence-electron chi connectivity index (χ4n) is 1.73. The van der Waals surface area contributed by atoms with E-state index in [1.54, 1.807) is 22.9 Å². The van der Waals surface area contributed by atoms with Crippen molar-refractivity contribution in [3.8, 4) is 0 Å². The highest BCUT2D eigenvalue weighted by Gasteiger charge is 2.13. The summed E-state index contributed by atoms with van der Waals surface area (Å²) < 4.78 is 14.6. The Hall–Kier alpha value is -2.17. The predicted molar refractivity (Wildman–Crippen MR) is 67.0 cm³/mol. The molecule has 0 spiro atoms. The maximum atomic E-state index is 13.0. The van der Waals surface area contributed by atoms with E-state index in [0.29, 0.717) is 17.9 Å². The van der Waals surface area contributed by atoms with Gasteiger partial charge in [0.2, 0.25) is 0 Å². The van der Waals surface area contributed by atoms with Crippen molar-refractivity contribution in [3.63, 3.8) is 0 Å². The highest BCUT2D eigenvalue weighted by atomic mass is 19.1. The molecule has 18 heavy (non-hydrogen) atoms. The average Bonchev–Trinajstić information content (AvgIpc) is 2.70. The molecule has 2 aromatic rings. The molecule has 0 aliphatic carbocycles. The zero-order valence-electron chi connectivity index (χ0n) is 10.3. The molecule has 1 amide bonds. The summed E-state index contributed by atoms with van der Waals surface area (Å²) in [6.07, 6.45) is 0. The topological polar surface area (TPSA) is 46.9 Å². The van der Waals surface area contributed by atoms with Crippen LogP contribution in [0, 0.1) is 12.7 Å². The molecule has 1 heterocycles. The molecule has 1 aromatic heterocycles. The molecule has 0 fully saturated rings. The van der Waals surface area contributed by atoms with Gasteiger partial charge in [0.25, 0.3) is 5.91 Å². The minimum atomic E-state index is -0.382. The van der Waals surface area contributed by atoms with Crippen molar-refractivity contribution in [1.29, 1.82) is 0 Å². The number of benzene rings is 1. The maximum Gasteiger partial charge on any atom is 0.273 e. The molecule has 4 nitrogen and oxygen atoms in total. The minimum Gasteiger partial charge on any atom is -0.321 e. The summed E-state index contributed by atoms with van der Waals surface area (Å²) in [6, 6.07) is 7.50. The van der Waals surface area contributed by atoms with Gasteiger partial charge in [-0.15, -0.1) is 0 Å². The summed E-state index contributed by atoms with van der Waals surface area (Å²) >= 11 is 0. The van der Waals surface area contributed by atoms with E-state index in [2.05, 4.69) is 10.4 Å². The molecule has 0 saturated heterocycles. The fraction of sp³-hybridized carbons (Fsp3) is 0.231. The van der Waals surface area contributed by atoms with Gasteiger partial charge in [0, 0.05) is 12.2 Å². The lowest BCUT2D eigenvalue weighted by Gasteiger charge is -2.06. The van der Waals surface area contributed by atoms with E-state index in [-0.39, 0.29) is 11.7 Å². The zero-order chi connectivity index (χ0) is 13.1. The van der Waals surface area contributed by atoms with Gasteiger partial charge in [0.05, 0.1) is 5.69 Å². The largest absolute Gasteiger partial charge is 0.321 e. The molecule has 1 aromatic carbocycles. The van der Waals surface area contributed by atoms with Crippen LogP contribution in [0.25, 0.3) is 0 Å². The third-order valence-electron chi connectivity index (χ3n) is 2.52. The van der Waals surface area contributed by atoms with E-state index in [1.165, 1.54) is 12.1 Å². The molecule has 2 rings (SSSR count). The second-order valence-electron chi connectivity index (χ2n) is 3.95. The number of nitrogens with zero attached hydrogens (tertiary/aromatic N) is 2. The van der Waals surface area contributed by atoms with Crippen LogP contribution in [0.4, 0.5) is 10.1 Å². The summed E-state index contributed by atoms with van der Waals surface area (Å²) in [5.41, 5.74) is 1.68. The third-order valence-corrected chi connectivity index (χ3v) is 2.52. The van der Waals surface area contributed by atoms with Gasteiger partial charge >= 0.3 is 0 Å². The number of carbonyl (C=O) groups excluding carboxylic acids is 1. The number of hydrogen-bond acceptors (Lipinski definition) is 2. The molecule has 0 aliphatic heterocycles. The summed E-state index contributed by atoms with van der Waals surface area (Å²) in [5.74, 6) is -0.670. The molecule has 0 saturated carbocycles. The summed E-state index contributed by atoms with van der Waals surface area (Å²) in [4.78, 5) is 12.0. The first-order valence-corrected chi connectivity index (χ1v) is 5.71. The maximum absolute atomic E-state index is 13.0. The summed E-state index contributed by atoms with van der Waals surface area (Å²) in [5, 5.41) is 6.84. The molecule has 1 N–H and O–H groups in total. The Kier molecular flexibility index (Phi) is 3.41. The molecule has 94 valence electrons. The number of nitrogens with one attached hydrogen (secondary N) is 1. The second-order valence-corrected chi connectivity index (χ2v) is 3.95. The van der Waals surface area contributed by atoms with Crippen LogP contribution in [0.2, 0.25) is 0 Å². The lowest BCUT2D eigenvalue weighted by Crippen LogP contribution is -2.17. The van der Waals surface area contributed by atoms with Gasteiger partial charge in [-0.1, -0.05) is 6.07 Å². The van der Waals surface area contributed by atoms with Crippen LogP contribution in [0.1, 0.15) is 23.1 Å². The van der Waals surface area contributed by atoms with Crippen molar-refractivity contribution in [1.82, 2.24) is 9.78 Å². The Morgan fingerprint density at radius 1 is 1.44 bits per heavy atom. The van der Waals surface area contributed by atoms with Crippen LogP contribution in [0.3, 0.4) is 0 Å². The number of amides is 1. The van der Waals surface area contributed by atoms with Gasteiger partial charge in [-0.25, -0.2) is 4.39 Å². The molecule has 0 radical (unpaired) electrons. The van der Waals surface area contributed by atoms with Gasteiger partial charge in [0.1, 0.15) is 11.5 Å². The van der Waals surface area contributed by atoms with Gasteiger partial charge < -0.3 is 5.32 Å². The molecule has 5 heteroatoms. The first kappa shape index (κ1) is 12.3. The zero-order valence-corrected chi connectivity index (χ0v) is 10.3. The van der Waals surface area contributed by atoms with E-state index < -0.39 is 0 Å². The fourth-order valence-corrected chi connectivity index (χ4v) is 1.73. The first-order chi connectivity index (χ1) is 8.60. The summed E-state index contributed by atoms with van der Waals surface area (Å²) in [6.45, 7) is 4.34. The molecule has 0 atom stereocenters. The monoisotopic (exact) mass is 247 g/mol. The smallest absolute Gasteiger partial charge is 0.273 e. The number of halogens is 1. The molecular weight excluding hydrogens is 233 g/mol. The molecule has 0 bridgehead atoms. The quantitative estimate of drug-likeness (QED) is 0.906. The van der Waals surface area contributed by atoms with E-state index in [1.807, 2.05) is 13.8 Å². The highest BCUT2D eigenvalue weighted by Crippen LogP contribution is 2.12. The number of hydrogen-bond donors (Lipinski definition) is 1. The number of rotatable bonds is 3. The summed E-state index contributed by atoms with van der Waals surface area (Å²) in [7, 11) is 0. The van der Waals surface area contributed by atoms with E-state index in [0.717, 1.165) is 5.69 Å². The first-order valence-electron chi connectivity index (χ1n) is 5.71. The second kappa shape index (κ2) is 5.00. The van der Waals surface area contributed by atoms with Crippen molar-refractivity contribution in [3.05, 3.63) is 47.5 Å². The van der Waals surface area contributed by atoms with Gasteiger partial charge in [0.15, 0.2) is 0 Å².